The number of benzene rings is 5. The topological polar surface area (TPSA) is 50.9 Å². The van der Waals surface area contributed by atoms with Crippen molar-refractivity contribution in [3.05, 3.63) is 115 Å². The van der Waals surface area contributed by atoms with Crippen LogP contribution in [0.4, 0.5) is 0 Å². The van der Waals surface area contributed by atoms with Crippen molar-refractivity contribution >= 4 is 32.6 Å². The molecule has 1 N–H and O–H groups in total. The first kappa shape index (κ1) is 42.9. The molecule has 0 saturated carbocycles. The summed E-state index contributed by atoms with van der Waals surface area (Å²) in [5.41, 5.74) is 6.48. The molecule has 0 saturated heterocycles. The monoisotopic (exact) mass is 861 g/mol. The van der Waals surface area contributed by atoms with Crippen LogP contribution in [0.2, 0.25) is 0 Å². The van der Waals surface area contributed by atoms with E-state index in [4.69, 9.17) is 9.97 Å². The summed E-state index contributed by atoms with van der Waals surface area (Å²) in [4.78, 5) is 9.90. The second-order valence-electron chi connectivity index (χ2n) is 12.2. The van der Waals surface area contributed by atoms with E-state index in [-0.39, 0.29) is 26.8 Å². The van der Waals surface area contributed by atoms with Gasteiger partial charge in [0, 0.05) is 39.5 Å². The van der Waals surface area contributed by atoms with Gasteiger partial charge < -0.3 is 9.67 Å². The van der Waals surface area contributed by atoms with E-state index in [9.17, 15) is 5.11 Å². The Kier molecular flexibility index (Phi) is 18.9. The van der Waals surface area contributed by atoms with Crippen LogP contribution >= 0.6 is 0 Å². The number of hydrogen-bond acceptors (Lipinski definition) is 3. The number of aryl methyl sites for hydroxylation is 1. The van der Waals surface area contributed by atoms with Crippen LogP contribution in [-0.2, 0) is 27.6 Å². The molecule has 0 unspecified atom stereocenters. The second kappa shape index (κ2) is 22.5. The standard InChI is InChI=1S/C34H24N3O.4C3H8.Pt/c1-2-37-30-16-9-15-27(33(30)36-34(37)28-14-7-8-17-31(28)38)29-21-24(20-23-11-4-5-12-25(23)29)32-26-13-6-3-10-22(26)18-19-35-32;4*1-3-2;/h3-20,38H,2H2,1H3;4*3H2,1-2H3;/q-1;;;;;. The van der Waals surface area contributed by atoms with Crippen LogP contribution in [0.25, 0.3) is 66.4 Å². The SMILES string of the molecule is CCC.CCC.CCC.CCC.CCn1c(-c2ccccc2O)nc2c(-c3[c-]c(-c4nccc5ccccc45)cc4ccccc34)cccc21.[Pt]. The van der Waals surface area contributed by atoms with Gasteiger partial charge in [-0.15, -0.1) is 17.7 Å². The third kappa shape index (κ3) is 10.6. The van der Waals surface area contributed by atoms with Gasteiger partial charge in [-0.3, -0.25) is 4.98 Å². The Labute approximate surface area is 321 Å². The molecule has 2 aromatic heterocycles. The number of aromatic nitrogens is 3. The fourth-order valence-corrected chi connectivity index (χ4v) is 5.46. The molecule has 5 aromatic carbocycles. The summed E-state index contributed by atoms with van der Waals surface area (Å²) in [7, 11) is 0. The van der Waals surface area contributed by atoms with Gasteiger partial charge >= 0.3 is 0 Å². The molecule has 272 valence electrons. The zero-order valence-corrected chi connectivity index (χ0v) is 34.3. The fourth-order valence-electron chi connectivity index (χ4n) is 5.46. The van der Waals surface area contributed by atoms with Crippen molar-refractivity contribution in [1.29, 1.82) is 0 Å². The maximum atomic E-state index is 10.6. The molecular weight excluding hydrogens is 806 g/mol. The number of aromatic hydroxyl groups is 1. The largest absolute Gasteiger partial charge is 0.507 e. The number of nitrogens with zero attached hydrogens (tertiary/aromatic N) is 3. The van der Waals surface area contributed by atoms with E-state index in [1.807, 2.05) is 36.5 Å². The third-order valence-electron chi connectivity index (χ3n) is 7.23. The molecule has 4 nitrogen and oxygen atoms in total. The van der Waals surface area contributed by atoms with E-state index in [1.165, 1.54) is 25.7 Å². The number of phenolic OH excluding ortho intramolecular Hbond substituents is 1. The third-order valence-corrected chi connectivity index (χ3v) is 7.23. The molecule has 0 aliphatic rings. The average Bonchev–Trinajstić information content (AvgIpc) is 3.51. The molecule has 0 spiro atoms. The predicted octanol–water partition coefficient (Wildman–Crippen LogP) is 13.9. The van der Waals surface area contributed by atoms with Gasteiger partial charge in [0.15, 0.2) is 0 Å². The van der Waals surface area contributed by atoms with Crippen molar-refractivity contribution in [2.75, 3.05) is 0 Å². The van der Waals surface area contributed by atoms with Gasteiger partial charge in [0.2, 0.25) is 0 Å². The molecule has 0 bridgehead atoms. The molecular formula is C46H56N3OPt-. The summed E-state index contributed by atoms with van der Waals surface area (Å²) in [5.74, 6) is 0.976. The van der Waals surface area contributed by atoms with Crippen LogP contribution in [0.5, 0.6) is 5.75 Å². The van der Waals surface area contributed by atoms with Crippen molar-refractivity contribution in [2.24, 2.45) is 0 Å². The number of hydrogen-bond donors (Lipinski definition) is 1. The molecule has 7 aromatic rings. The summed E-state index contributed by atoms with van der Waals surface area (Å²) in [6.07, 6.45) is 6.86. The van der Waals surface area contributed by atoms with Gasteiger partial charge in [0.1, 0.15) is 11.6 Å². The maximum absolute atomic E-state index is 10.6. The van der Waals surface area contributed by atoms with Crippen LogP contribution in [0.1, 0.15) is 88.0 Å². The van der Waals surface area contributed by atoms with E-state index in [1.54, 1.807) is 6.07 Å². The molecule has 5 heteroatoms. The number of rotatable bonds is 4. The quantitative estimate of drug-likeness (QED) is 0.179. The first-order valence-electron chi connectivity index (χ1n) is 18.5. The first-order chi connectivity index (χ1) is 24.4. The molecule has 0 aliphatic carbocycles. The number of fused-ring (bicyclic) bond motifs is 3. The molecule has 0 fully saturated rings. The van der Waals surface area contributed by atoms with E-state index >= 15 is 0 Å². The number of imidazole rings is 1. The Morgan fingerprint density at radius 2 is 1.16 bits per heavy atom. The molecule has 0 radical (unpaired) electrons. The normalized spacial score (nSPS) is 9.98. The van der Waals surface area contributed by atoms with Crippen molar-refractivity contribution in [3.8, 4) is 39.5 Å². The number of pyridine rings is 1. The molecule has 7 rings (SSSR count). The summed E-state index contributed by atoms with van der Waals surface area (Å²) < 4.78 is 2.16. The van der Waals surface area contributed by atoms with Crippen LogP contribution in [-0.4, -0.2) is 19.6 Å². The van der Waals surface area contributed by atoms with Gasteiger partial charge in [-0.1, -0.05) is 176 Å². The van der Waals surface area contributed by atoms with E-state index in [2.05, 4.69) is 140 Å². The molecule has 0 amide bonds. The van der Waals surface area contributed by atoms with Crippen molar-refractivity contribution in [1.82, 2.24) is 14.5 Å². The molecule has 0 atom stereocenters. The van der Waals surface area contributed by atoms with E-state index in [0.29, 0.717) is 0 Å². The Morgan fingerprint density at radius 1 is 0.608 bits per heavy atom. The zero-order valence-electron chi connectivity index (χ0n) is 32.0. The van der Waals surface area contributed by atoms with Crippen LogP contribution in [0.3, 0.4) is 0 Å². The zero-order chi connectivity index (χ0) is 36.5. The minimum absolute atomic E-state index is 0. The van der Waals surface area contributed by atoms with Crippen molar-refractivity contribution in [2.45, 2.75) is 94.5 Å². The smallest absolute Gasteiger partial charge is 0.144 e. The second-order valence-corrected chi connectivity index (χ2v) is 12.2. The molecule has 51 heavy (non-hydrogen) atoms. The minimum atomic E-state index is 0. The molecule has 0 aliphatic heterocycles. The summed E-state index contributed by atoms with van der Waals surface area (Å²) >= 11 is 0. The van der Waals surface area contributed by atoms with Crippen LogP contribution in [0.15, 0.2) is 109 Å². The Hall–Kier alpha value is -4.27. The van der Waals surface area contributed by atoms with Gasteiger partial charge in [0.05, 0.1) is 16.6 Å². The van der Waals surface area contributed by atoms with Crippen LogP contribution < -0.4 is 0 Å². The van der Waals surface area contributed by atoms with Gasteiger partial charge in [-0.2, -0.15) is 0 Å². The summed E-state index contributed by atoms with van der Waals surface area (Å²) in [5, 5.41) is 15.1. The van der Waals surface area contributed by atoms with E-state index in [0.717, 1.165) is 72.9 Å². The van der Waals surface area contributed by atoms with Crippen molar-refractivity contribution in [3.63, 3.8) is 0 Å². The predicted molar refractivity (Wildman–Crippen MR) is 219 cm³/mol. The summed E-state index contributed by atoms with van der Waals surface area (Å²) in [6, 6.07) is 38.3. The number of phenols is 1. The van der Waals surface area contributed by atoms with Gasteiger partial charge in [-0.25, -0.2) is 4.98 Å². The number of para-hydroxylation sites is 2. The molecule has 2 heterocycles. The Morgan fingerprint density at radius 3 is 1.78 bits per heavy atom. The fraction of sp³-hybridized carbons (Fsp3) is 0.304. The Balaban J connectivity index is 0.000000616. The average molecular weight is 862 g/mol. The Bertz CT molecular complexity index is 2050. The van der Waals surface area contributed by atoms with Gasteiger partial charge in [-0.05, 0) is 42.0 Å². The minimum Gasteiger partial charge on any atom is -0.507 e. The first-order valence-corrected chi connectivity index (χ1v) is 18.5. The summed E-state index contributed by atoms with van der Waals surface area (Å²) in [6.45, 7) is 19.8. The van der Waals surface area contributed by atoms with Crippen LogP contribution in [0, 0.1) is 6.07 Å². The van der Waals surface area contributed by atoms with E-state index < -0.39 is 0 Å². The van der Waals surface area contributed by atoms with Crippen molar-refractivity contribution < 1.29 is 26.2 Å². The van der Waals surface area contributed by atoms with Gasteiger partial charge in [0.25, 0.3) is 0 Å². The maximum Gasteiger partial charge on any atom is 0.144 e.